The van der Waals surface area contributed by atoms with E-state index >= 15 is 0 Å². The molecule has 5 fully saturated rings. The van der Waals surface area contributed by atoms with Crippen LogP contribution in [0.25, 0.3) is 0 Å². The van der Waals surface area contributed by atoms with Gasteiger partial charge in [-0.1, -0.05) is 11.8 Å². The van der Waals surface area contributed by atoms with Gasteiger partial charge in [0.25, 0.3) is 0 Å². The normalized spacial score (nSPS) is 33.1. The average Bonchev–Trinajstić information content (AvgIpc) is 3.53. The molecule has 32 heavy (non-hydrogen) atoms. The lowest BCUT2D eigenvalue weighted by atomic mass is 9.52. The number of tetrazole rings is 1. The van der Waals surface area contributed by atoms with E-state index in [0.717, 1.165) is 62.2 Å². The van der Waals surface area contributed by atoms with Gasteiger partial charge in [0.2, 0.25) is 11.1 Å². The second-order valence-corrected chi connectivity index (χ2v) is 11.2. The van der Waals surface area contributed by atoms with Crippen LogP contribution >= 0.6 is 11.8 Å². The third-order valence-corrected chi connectivity index (χ3v) is 8.94. The summed E-state index contributed by atoms with van der Waals surface area (Å²) in [6, 6.07) is 3.89. The molecule has 1 unspecified atom stereocenters. The molecule has 0 radical (unpaired) electrons. The van der Waals surface area contributed by atoms with Gasteiger partial charge in [-0.15, -0.1) is 5.10 Å². The molecule has 8 nitrogen and oxygen atoms in total. The van der Waals surface area contributed by atoms with E-state index in [1.165, 1.54) is 31.0 Å². The molecule has 9 heteroatoms. The van der Waals surface area contributed by atoms with E-state index in [-0.39, 0.29) is 17.6 Å². The molecule has 5 aliphatic rings. The highest BCUT2D eigenvalue weighted by Gasteiger charge is 2.54. The van der Waals surface area contributed by atoms with Gasteiger partial charge in [0.05, 0.1) is 31.2 Å². The number of carbonyl (C=O) groups is 1. The predicted molar refractivity (Wildman–Crippen MR) is 118 cm³/mol. The van der Waals surface area contributed by atoms with Crippen molar-refractivity contribution in [3.8, 4) is 0 Å². The van der Waals surface area contributed by atoms with Crippen LogP contribution in [-0.4, -0.2) is 55.0 Å². The molecule has 172 valence electrons. The molecular weight excluding hydrogens is 426 g/mol. The standard InChI is InChI=1S/C23H31N5O3S/c29-21(15-32-22-24-25-26-28(22)14-20-4-2-6-31-20)27(13-19-3-1-5-30-19)23-10-16-7-17(11-23)9-18(8-16)12-23/h1,3,5,16-18,20H,2,4,6-15H2. The molecule has 2 aromatic heterocycles. The van der Waals surface area contributed by atoms with Gasteiger partial charge in [0.1, 0.15) is 5.76 Å². The minimum atomic E-state index is -0.0111. The molecule has 0 aromatic carbocycles. The number of hydrogen-bond donors (Lipinski definition) is 0. The maximum atomic E-state index is 13.7. The van der Waals surface area contributed by atoms with Crippen LogP contribution in [0.4, 0.5) is 0 Å². The van der Waals surface area contributed by atoms with E-state index in [1.807, 2.05) is 12.1 Å². The molecule has 4 bridgehead atoms. The first kappa shape index (κ1) is 20.7. The van der Waals surface area contributed by atoms with Crippen molar-refractivity contribution >= 4 is 17.7 Å². The van der Waals surface area contributed by atoms with Gasteiger partial charge < -0.3 is 14.1 Å². The molecule has 4 aliphatic carbocycles. The fourth-order valence-corrected chi connectivity index (χ4v) is 7.84. The van der Waals surface area contributed by atoms with Gasteiger partial charge in [-0.25, -0.2) is 4.68 Å². The van der Waals surface area contributed by atoms with E-state index in [9.17, 15) is 4.79 Å². The summed E-state index contributed by atoms with van der Waals surface area (Å²) in [5, 5.41) is 12.9. The quantitative estimate of drug-likeness (QED) is 0.561. The lowest BCUT2D eigenvalue weighted by Crippen LogP contribution is -2.61. The highest BCUT2D eigenvalue weighted by molar-refractivity contribution is 7.99. The number of hydrogen-bond acceptors (Lipinski definition) is 7. The van der Waals surface area contributed by atoms with Gasteiger partial charge in [0, 0.05) is 12.1 Å². The van der Waals surface area contributed by atoms with Gasteiger partial charge >= 0.3 is 0 Å². The summed E-state index contributed by atoms with van der Waals surface area (Å²) >= 11 is 1.44. The second-order valence-electron chi connectivity index (χ2n) is 10.3. The summed E-state index contributed by atoms with van der Waals surface area (Å²) < 4.78 is 13.2. The van der Waals surface area contributed by atoms with E-state index in [0.29, 0.717) is 24.0 Å². The molecule has 0 spiro atoms. The zero-order valence-electron chi connectivity index (χ0n) is 18.4. The van der Waals surface area contributed by atoms with Crippen molar-refractivity contribution in [1.82, 2.24) is 25.1 Å². The third-order valence-electron chi connectivity index (χ3n) is 8.00. The highest BCUT2D eigenvalue weighted by atomic mass is 32.2. The smallest absolute Gasteiger partial charge is 0.233 e. The Labute approximate surface area is 192 Å². The highest BCUT2D eigenvalue weighted by Crippen LogP contribution is 2.58. The van der Waals surface area contributed by atoms with E-state index in [1.54, 1.807) is 10.9 Å². The molecule has 1 amide bonds. The minimum Gasteiger partial charge on any atom is -0.467 e. The fraction of sp³-hybridized carbons (Fsp3) is 0.739. The Morgan fingerprint density at radius 1 is 1.22 bits per heavy atom. The summed E-state index contributed by atoms with van der Waals surface area (Å²) in [6.07, 6.45) is 11.5. The van der Waals surface area contributed by atoms with Gasteiger partial charge in [-0.05, 0) is 91.7 Å². The van der Waals surface area contributed by atoms with Crippen LogP contribution in [0.5, 0.6) is 0 Å². The molecule has 2 aromatic rings. The topological polar surface area (TPSA) is 86.3 Å². The molecule has 3 heterocycles. The lowest BCUT2D eigenvalue weighted by Gasteiger charge is -2.60. The van der Waals surface area contributed by atoms with Crippen LogP contribution in [0.15, 0.2) is 28.0 Å². The van der Waals surface area contributed by atoms with Crippen molar-refractivity contribution in [2.45, 2.75) is 81.3 Å². The van der Waals surface area contributed by atoms with Crippen LogP contribution in [-0.2, 0) is 22.6 Å². The van der Waals surface area contributed by atoms with Crippen molar-refractivity contribution in [2.24, 2.45) is 17.8 Å². The van der Waals surface area contributed by atoms with Gasteiger partial charge in [-0.3, -0.25) is 4.79 Å². The summed E-state index contributed by atoms with van der Waals surface area (Å²) in [5.74, 6) is 3.70. The molecule has 4 saturated carbocycles. The number of furan rings is 1. The van der Waals surface area contributed by atoms with Gasteiger partial charge in [-0.2, -0.15) is 0 Å². The minimum absolute atomic E-state index is 0.0111. The van der Waals surface area contributed by atoms with Crippen molar-refractivity contribution in [1.29, 1.82) is 0 Å². The zero-order chi connectivity index (χ0) is 21.5. The first-order valence-corrected chi connectivity index (χ1v) is 13.0. The lowest BCUT2D eigenvalue weighted by molar-refractivity contribution is -0.150. The monoisotopic (exact) mass is 457 g/mol. The SMILES string of the molecule is O=C(CSc1nnnn1CC1CCCO1)N(Cc1ccco1)C12CC3CC(CC(C3)C1)C2. The molecule has 1 atom stereocenters. The fourth-order valence-electron chi connectivity index (χ4n) is 7.07. The molecule has 0 N–H and O–H groups in total. The van der Waals surface area contributed by atoms with Crippen LogP contribution in [0, 0.1) is 17.8 Å². The van der Waals surface area contributed by atoms with Crippen LogP contribution in [0.3, 0.4) is 0 Å². The number of ether oxygens (including phenoxy) is 1. The van der Waals surface area contributed by atoms with Crippen molar-refractivity contribution < 1.29 is 13.9 Å². The van der Waals surface area contributed by atoms with E-state index in [2.05, 4.69) is 20.4 Å². The number of amides is 1. The Hall–Kier alpha value is -1.87. The van der Waals surface area contributed by atoms with Crippen LogP contribution in [0.2, 0.25) is 0 Å². The maximum Gasteiger partial charge on any atom is 0.233 e. The Balaban J connectivity index is 1.18. The van der Waals surface area contributed by atoms with Crippen LogP contribution in [0.1, 0.15) is 57.1 Å². The molecule has 7 rings (SSSR count). The maximum absolute atomic E-state index is 13.7. The zero-order valence-corrected chi connectivity index (χ0v) is 19.2. The summed E-state index contributed by atoms with van der Waals surface area (Å²) in [5.41, 5.74) is -0.0111. The Morgan fingerprint density at radius 3 is 2.66 bits per heavy atom. The molecular formula is C23H31N5O3S. The first-order chi connectivity index (χ1) is 15.7. The Bertz CT molecular complexity index is 904. The van der Waals surface area contributed by atoms with E-state index in [4.69, 9.17) is 9.15 Å². The predicted octanol–water partition coefficient (Wildman–Crippen LogP) is 3.53. The summed E-state index contributed by atoms with van der Waals surface area (Å²) in [4.78, 5) is 15.9. The number of rotatable bonds is 8. The number of nitrogens with zero attached hydrogens (tertiary/aromatic N) is 5. The number of aromatic nitrogens is 4. The van der Waals surface area contributed by atoms with E-state index < -0.39 is 0 Å². The van der Waals surface area contributed by atoms with Crippen molar-refractivity contribution in [3.63, 3.8) is 0 Å². The van der Waals surface area contributed by atoms with Crippen molar-refractivity contribution in [3.05, 3.63) is 24.2 Å². The Kier molecular flexibility index (Phi) is 5.49. The summed E-state index contributed by atoms with van der Waals surface area (Å²) in [6.45, 7) is 2.01. The second kappa shape index (κ2) is 8.48. The van der Waals surface area contributed by atoms with Crippen LogP contribution < -0.4 is 0 Å². The first-order valence-electron chi connectivity index (χ1n) is 12.0. The largest absolute Gasteiger partial charge is 0.467 e. The van der Waals surface area contributed by atoms with Gasteiger partial charge in [0.15, 0.2) is 0 Å². The Morgan fingerprint density at radius 2 is 2.00 bits per heavy atom. The number of carbonyl (C=O) groups excluding carboxylic acids is 1. The average molecular weight is 458 g/mol. The molecule has 1 saturated heterocycles. The summed E-state index contributed by atoms with van der Waals surface area (Å²) in [7, 11) is 0. The third kappa shape index (κ3) is 3.98. The van der Waals surface area contributed by atoms with Crippen molar-refractivity contribution in [2.75, 3.05) is 12.4 Å². The number of thioether (sulfide) groups is 1. The molecule has 1 aliphatic heterocycles.